The molecule has 114 valence electrons. The van der Waals surface area contributed by atoms with Crippen LogP contribution in [0.2, 0.25) is 5.02 Å². The predicted molar refractivity (Wildman–Crippen MR) is 78.4 cm³/mol. The Bertz CT molecular complexity index is 720. The predicted octanol–water partition coefficient (Wildman–Crippen LogP) is 2.98. The van der Waals surface area contributed by atoms with Gasteiger partial charge < -0.3 is 15.2 Å². The Morgan fingerprint density at radius 2 is 2.00 bits per heavy atom. The fourth-order valence-corrected chi connectivity index (χ4v) is 1.82. The van der Waals surface area contributed by atoms with Gasteiger partial charge in [0.1, 0.15) is 17.1 Å². The summed E-state index contributed by atoms with van der Waals surface area (Å²) in [7, 11) is 0. The number of carbonyl (C=O) groups excluding carboxylic acids is 2. The lowest BCUT2D eigenvalue weighted by Crippen LogP contribution is -2.21. The van der Waals surface area contributed by atoms with Crippen molar-refractivity contribution < 1.29 is 23.8 Å². The Labute approximate surface area is 130 Å². The monoisotopic (exact) mass is 323 g/mol. The summed E-state index contributed by atoms with van der Waals surface area (Å²) in [5, 5.41) is 12.2. The van der Waals surface area contributed by atoms with E-state index in [0.29, 0.717) is 0 Å². The highest BCUT2D eigenvalue weighted by atomic mass is 35.5. The quantitative estimate of drug-likeness (QED) is 0.848. The molecule has 2 aromatic rings. The highest BCUT2D eigenvalue weighted by molar-refractivity contribution is 6.30. The molecule has 0 aliphatic heterocycles. The summed E-state index contributed by atoms with van der Waals surface area (Å²) in [6, 6.07) is 9.17. The first-order valence-electron chi connectivity index (χ1n) is 6.17. The molecule has 0 saturated carbocycles. The molecule has 2 aromatic carbocycles. The van der Waals surface area contributed by atoms with E-state index in [1.165, 1.54) is 36.4 Å². The van der Waals surface area contributed by atoms with Gasteiger partial charge in [0.2, 0.25) is 0 Å². The van der Waals surface area contributed by atoms with Gasteiger partial charge in [0, 0.05) is 10.7 Å². The third kappa shape index (κ3) is 4.20. The normalized spacial score (nSPS) is 10.1. The number of esters is 1. The third-order valence-corrected chi connectivity index (χ3v) is 2.86. The van der Waals surface area contributed by atoms with E-state index in [0.717, 1.165) is 6.07 Å². The van der Waals surface area contributed by atoms with Crippen LogP contribution in [0.25, 0.3) is 0 Å². The zero-order chi connectivity index (χ0) is 16.1. The number of phenolic OH excluding ortho intramolecular Hbond substituents is 1. The fraction of sp³-hybridized carbons (Fsp3) is 0.0667. The lowest BCUT2D eigenvalue weighted by atomic mass is 10.2. The first-order chi connectivity index (χ1) is 10.5. The second-order valence-corrected chi connectivity index (χ2v) is 4.73. The van der Waals surface area contributed by atoms with Gasteiger partial charge in [0.15, 0.2) is 6.61 Å². The van der Waals surface area contributed by atoms with Crippen LogP contribution in [0.5, 0.6) is 5.75 Å². The maximum Gasteiger partial charge on any atom is 0.342 e. The van der Waals surface area contributed by atoms with E-state index >= 15 is 0 Å². The minimum absolute atomic E-state index is 0.108. The van der Waals surface area contributed by atoms with E-state index in [2.05, 4.69) is 5.32 Å². The van der Waals surface area contributed by atoms with Crippen LogP contribution in [0, 0.1) is 5.82 Å². The molecule has 0 heterocycles. The van der Waals surface area contributed by atoms with Crippen molar-refractivity contribution in [2.75, 3.05) is 11.9 Å². The summed E-state index contributed by atoms with van der Waals surface area (Å²) in [5.74, 6) is -2.35. The molecule has 22 heavy (non-hydrogen) atoms. The average molecular weight is 324 g/mol. The lowest BCUT2D eigenvalue weighted by Gasteiger charge is -2.07. The first-order valence-corrected chi connectivity index (χ1v) is 6.54. The minimum atomic E-state index is -0.872. The number of hydrogen-bond acceptors (Lipinski definition) is 4. The number of phenols is 1. The van der Waals surface area contributed by atoms with Crippen molar-refractivity contribution >= 4 is 29.2 Å². The largest absolute Gasteiger partial charge is 0.507 e. The summed E-state index contributed by atoms with van der Waals surface area (Å²) in [6.07, 6.45) is 0. The molecular formula is C15H11ClFNO4. The van der Waals surface area contributed by atoms with Crippen molar-refractivity contribution in [3.05, 3.63) is 58.9 Å². The molecule has 5 nitrogen and oxygen atoms in total. The van der Waals surface area contributed by atoms with Gasteiger partial charge in [-0.3, -0.25) is 4.79 Å². The number of halogens is 2. The molecule has 1 amide bonds. The van der Waals surface area contributed by atoms with Gasteiger partial charge in [-0.1, -0.05) is 17.7 Å². The van der Waals surface area contributed by atoms with Gasteiger partial charge in [-0.2, -0.15) is 0 Å². The molecule has 0 fully saturated rings. The Balaban J connectivity index is 1.92. The van der Waals surface area contributed by atoms with Gasteiger partial charge in [-0.25, -0.2) is 9.18 Å². The Hall–Kier alpha value is -2.60. The van der Waals surface area contributed by atoms with E-state index < -0.39 is 24.3 Å². The minimum Gasteiger partial charge on any atom is -0.507 e. The zero-order valence-electron chi connectivity index (χ0n) is 11.2. The van der Waals surface area contributed by atoms with Crippen molar-refractivity contribution in [2.45, 2.75) is 0 Å². The third-order valence-electron chi connectivity index (χ3n) is 2.62. The Kier molecular flexibility index (Phi) is 4.95. The van der Waals surface area contributed by atoms with Gasteiger partial charge in [-0.05, 0) is 36.4 Å². The topological polar surface area (TPSA) is 75.6 Å². The van der Waals surface area contributed by atoms with E-state index in [4.69, 9.17) is 16.3 Å². The van der Waals surface area contributed by atoms with Crippen molar-refractivity contribution in [1.29, 1.82) is 0 Å². The number of hydrogen-bond donors (Lipinski definition) is 2. The van der Waals surface area contributed by atoms with Crippen LogP contribution in [0.15, 0.2) is 42.5 Å². The molecule has 0 radical (unpaired) electrons. The average Bonchev–Trinajstić information content (AvgIpc) is 2.45. The van der Waals surface area contributed by atoms with Crippen LogP contribution in [0.4, 0.5) is 10.1 Å². The number of anilines is 1. The summed E-state index contributed by atoms with van der Waals surface area (Å²) >= 11 is 5.65. The van der Waals surface area contributed by atoms with Gasteiger partial charge in [0.05, 0.1) is 0 Å². The van der Waals surface area contributed by atoms with E-state index in [1.807, 2.05) is 0 Å². The molecule has 0 unspecified atom stereocenters. The fourth-order valence-electron chi connectivity index (χ4n) is 1.65. The van der Waals surface area contributed by atoms with E-state index in [-0.39, 0.29) is 22.0 Å². The van der Waals surface area contributed by atoms with Gasteiger partial charge in [0.25, 0.3) is 5.91 Å². The van der Waals surface area contributed by atoms with Crippen LogP contribution in [0.3, 0.4) is 0 Å². The van der Waals surface area contributed by atoms with Gasteiger partial charge >= 0.3 is 5.97 Å². The molecule has 0 aliphatic carbocycles. The van der Waals surface area contributed by atoms with Crippen LogP contribution >= 0.6 is 11.6 Å². The number of ether oxygens (including phenoxy) is 1. The second kappa shape index (κ2) is 6.91. The van der Waals surface area contributed by atoms with Crippen molar-refractivity contribution in [1.82, 2.24) is 0 Å². The zero-order valence-corrected chi connectivity index (χ0v) is 11.9. The lowest BCUT2D eigenvalue weighted by molar-refractivity contribution is -0.119. The number of rotatable bonds is 4. The van der Waals surface area contributed by atoms with E-state index in [9.17, 15) is 19.1 Å². The number of nitrogens with one attached hydrogen (secondary N) is 1. The smallest absolute Gasteiger partial charge is 0.342 e. The molecular weight excluding hydrogens is 313 g/mol. The highest BCUT2D eigenvalue weighted by Crippen LogP contribution is 2.22. The summed E-state index contributed by atoms with van der Waals surface area (Å²) in [4.78, 5) is 23.3. The van der Waals surface area contributed by atoms with Gasteiger partial charge in [-0.15, -0.1) is 0 Å². The molecule has 2 rings (SSSR count). The molecule has 0 atom stereocenters. The molecule has 2 N–H and O–H groups in total. The van der Waals surface area contributed by atoms with Crippen LogP contribution in [-0.4, -0.2) is 23.6 Å². The van der Waals surface area contributed by atoms with Crippen molar-refractivity contribution in [2.24, 2.45) is 0 Å². The Morgan fingerprint density at radius 1 is 1.23 bits per heavy atom. The maximum absolute atomic E-state index is 13.0. The highest BCUT2D eigenvalue weighted by Gasteiger charge is 2.14. The molecule has 0 saturated heterocycles. The molecule has 7 heteroatoms. The number of carbonyl (C=O) groups is 2. The SMILES string of the molecule is O=C(COC(=O)c1ccc(Cl)cc1O)Nc1cccc(F)c1. The molecule has 0 spiro atoms. The Morgan fingerprint density at radius 3 is 2.68 bits per heavy atom. The molecule has 0 aromatic heterocycles. The number of aromatic hydroxyl groups is 1. The summed E-state index contributed by atoms with van der Waals surface area (Å²) < 4.78 is 17.7. The molecule has 0 aliphatic rings. The van der Waals surface area contributed by atoms with Crippen molar-refractivity contribution in [3.8, 4) is 5.75 Å². The molecule has 0 bridgehead atoms. The number of amides is 1. The second-order valence-electron chi connectivity index (χ2n) is 4.30. The van der Waals surface area contributed by atoms with Crippen molar-refractivity contribution in [3.63, 3.8) is 0 Å². The van der Waals surface area contributed by atoms with E-state index in [1.54, 1.807) is 0 Å². The van der Waals surface area contributed by atoms with Crippen LogP contribution in [0.1, 0.15) is 10.4 Å². The standard InChI is InChI=1S/C15H11ClFNO4/c16-9-4-5-12(13(19)6-9)15(21)22-8-14(20)18-11-3-1-2-10(17)7-11/h1-7,19H,8H2,(H,18,20). The number of benzene rings is 2. The van der Waals surface area contributed by atoms with Crippen LogP contribution in [-0.2, 0) is 9.53 Å². The maximum atomic E-state index is 13.0. The summed E-state index contributed by atoms with van der Waals surface area (Å²) in [5.41, 5.74) is 0.137. The summed E-state index contributed by atoms with van der Waals surface area (Å²) in [6.45, 7) is -0.572. The van der Waals surface area contributed by atoms with Crippen LogP contribution < -0.4 is 5.32 Å². The first kappa shape index (κ1) is 15.8.